The number of nitrogens with zero attached hydrogens (tertiary/aromatic N) is 1. The first-order valence-corrected chi connectivity index (χ1v) is 3.64. The Bertz CT molecular complexity index is 349. The Hall–Kier alpha value is -1.46. The van der Waals surface area contributed by atoms with Gasteiger partial charge in [-0.3, -0.25) is 0 Å². The van der Waals surface area contributed by atoms with Gasteiger partial charge in [0.25, 0.3) is 0 Å². The first kappa shape index (κ1) is 8.63. The molecule has 0 radical (unpaired) electrons. The summed E-state index contributed by atoms with van der Waals surface area (Å²) in [6.07, 6.45) is 1.11. The van der Waals surface area contributed by atoms with E-state index in [2.05, 4.69) is 17.0 Å². The third kappa shape index (κ3) is 2.65. The predicted molar refractivity (Wildman–Crippen MR) is 48.6 cm³/mol. The molecule has 2 nitrogen and oxygen atoms in total. The molecule has 0 bridgehead atoms. The zero-order valence-electron chi connectivity index (χ0n) is 6.16. The largest absolute Gasteiger partial charge is 0.410 e. The van der Waals surface area contributed by atoms with Crippen LogP contribution in [0.3, 0.4) is 0 Å². The van der Waals surface area contributed by atoms with E-state index in [0.29, 0.717) is 5.02 Å². The second-order valence-corrected chi connectivity index (χ2v) is 2.46. The van der Waals surface area contributed by atoms with E-state index in [-0.39, 0.29) is 0 Å². The smallest absolute Gasteiger partial charge is 0.116 e. The van der Waals surface area contributed by atoms with Crippen LogP contribution in [0.15, 0.2) is 29.4 Å². The average molecular weight is 180 g/mol. The van der Waals surface area contributed by atoms with E-state index in [1.807, 2.05) is 12.1 Å². The summed E-state index contributed by atoms with van der Waals surface area (Å²) in [5, 5.41) is 11.4. The molecule has 3 heteroatoms. The van der Waals surface area contributed by atoms with E-state index < -0.39 is 0 Å². The Kier molecular flexibility index (Phi) is 3.18. The second kappa shape index (κ2) is 4.42. The lowest BCUT2D eigenvalue weighted by Crippen LogP contribution is -1.73. The van der Waals surface area contributed by atoms with Crippen LogP contribution < -0.4 is 0 Å². The summed E-state index contributed by atoms with van der Waals surface area (Å²) in [7, 11) is 0. The van der Waals surface area contributed by atoms with Crippen LogP contribution in [0.25, 0.3) is 0 Å². The summed E-state index contributed by atoms with van der Waals surface area (Å²) in [6, 6.07) is 7.14. The molecule has 1 N–H and O–H groups in total. The van der Waals surface area contributed by atoms with Gasteiger partial charge in [-0.15, -0.1) is 0 Å². The molecule has 0 atom stereocenters. The maximum absolute atomic E-state index is 8.04. The maximum Gasteiger partial charge on any atom is 0.116 e. The van der Waals surface area contributed by atoms with Crippen LogP contribution in [0.1, 0.15) is 5.56 Å². The molecule has 0 aromatic heterocycles. The summed E-state index contributed by atoms with van der Waals surface area (Å²) >= 11 is 5.71. The highest BCUT2D eigenvalue weighted by Crippen LogP contribution is 2.08. The second-order valence-electron chi connectivity index (χ2n) is 2.02. The molecule has 0 unspecified atom stereocenters. The summed E-state index contributed by atoms with van der Waals surface area (Å²) in [4.78, 5) is 0. The summed E-state index contributed by atoms with van der Waals surface area (Å²) in [5.41, 5.74) is 0.794. The van der Waals surface area contributed by atoms with E-state index in [0.717, 1.165) is 11.8 Å². The number of halogens is 1. The minimum atomic E-state index is 0.641. The minimum Gasteiger partial charge on any atom is -0.410 e. The van der Waals surface area contributed by atoms with Crippen LogP contribution in [0.5, 0.6) is 0 Å². The van der Waals surface area contributed by atoms with E-state index >= 15 is 0 Å². The van der Waals surface area contributed by atoms with Crippen molar-refractivity contribution in [2.45, 2.75) is 0 Å². The van der Waals surface area contributed by atoms with Crippen molar-refractivity contribution >= 4 is 17.8 Å². The van der Waals surface area contributed by atoms with Crippen LogP contribution in [-0.4, -0.2) is 11.4 Å². The maximum atomic E-state index is 8.04. The fourth-order valence-corrected chi connectivity index (χ4v) is 0.901. The molecule has 0 saturated heterocycles. The fraction of sp³-hybridized carbons (Fsp3) is 0. The molecule has 0 amide bonds. The number of rotatable bonds is 0. The third-order valence-corrected chi connectivity index (χ3v) is 1.40. The molecule has 1 aromatic carbocycles. The molecule has 1 rings (SSSR count). The topological polar surface area (TPSA) is 32.6 Å². The van der Waals surface area contributed by atoms with Gasteiger partial charge in [0, 0.05) is 10.6 Å². The molecule has 0 aliphatic carbocycles. The van der Waals surface area contributed by atoms with Gasteiger partial charge in [-0.05, 0) is 24.1 Å². The van der Waals surface area contributed by atoms with Crippen LogP contribution in [0.4, 0.5) is 0 Å². The monoisotopic (exact) mass is 179 g/mol. The molecule has 60 valence electrons. The van der Waals surface area contributed by atoms with Gasteiger partial charge in [0.2, 0.25) is 0 Å². The van der Waals surface area contributed by atoms with Crippen molar-refractivity contribution in [3.8, 4) is 11.8 Å². The van der Waals surface area contributed by atoms with Crippen LogP contribution in [0, 0.1) is 11.8 Å². The van der Waals surface area contributed by atoms with Gasteiger partial charge in [0.1, 0.15) is 6.21 Å². The van der Waals surface area contributed by atoms with E-state index in [4.69, 9.17) is 16.8 Å². The van der Waals surface area contributed by atoms with Crippen molar-refractivity contribution in [3.63, 3.8) is 0 Å². The Balaban J connectivity index is 2.85. The zero-order chi connectivity index (χ0) is 8.81. The number of benzene rings is 1. The van der Waals surface area contributed by atoms with Gasteiger partial charge in [0.15, 0.2) is 0 Å². The quantitative estimate of drug-likeness (QED) is 0.282. The Morgan fingerprint density at radius 1 is 1.50 bits per heavy atom. The van der Waals surface area contributed by atoms with Gasteiger partial charge in [-0.25, -0.2) is 0 Å². The summed E-state index contributed by atoms with van der Waals surface area (Å²) < 4.78 is 0. The normalized spacial score (nSPS) is 9.42. The number of hydrogen-bond donors (Lipinski definition) is 1. The van der Waals surface area contributed by atoms with Crippen molar-refractivity contribution in [2.24, 2.45) is 5.16 Å². The number of hydrogen-bond acceptors (Lipinski definition) is 2. The van der Waals surface area contributed by atoms with Gasteiger partial charge in [-0.1, -0.05) is 28.7 Å². The van der Waals surface area contributed by atoms with Gasteiger partial charge in [-0.2, -0.15) is 0 Å². The number of oxime groups is 1. The van der Waals surface area contributed by atoms with Crippen molar-refractivity contribution < 1.29 is 5.21 Å². The zero-order valence-corrected chi connectivity index (χ0v) is 6.92. The molecule has 0 fully saturated rings. The summed E-state index contributed by atoms with van der Waals surface area (Å²) in [6.45, 7) is 0. The Morgan fingerprint density at radius 2 is 2.33 bits per heavy atom. The van der Waals surface area contributed by atoms with Crippen LogP contribution >= 0.6 is 11.6 Å². The first-order valence-electron chi connectivity index (χ1n) is 3.26. The third-order valence-electron chi connectivity index (χ3n) is 1.16. The van der Waals surface area contributed by atoms with Gasteiger partial charge < -0.3 is 5.21 Å². The fourth-order valence-electron chi connectivity index (χ4n) is 0.711. The molecule has 0 saturated carbocycles. The van der Waals surface area contributed by atoms with Crippen LogP contribution in [-0.2, 0) is 0 Å². The lowest BCUT2D eigenvalue weighted by atomic mass is 10.2. The Morgan fingerprint density at radius 3 is 3.00 bits per heavy atom. The molecular formula is C9H6ClNO. The highest BCUT2D eigenvalue weighted by molar-refractivity contribution is 6.30. The van der Waals surface area contributed by atoms with Crippen molar-refractivity contribution in [1.29, 1.82) is 0 Å². The molecule has 0 spiro atoms. The molecule has 1 aromatic rings. The van der Waals surface area contributed by atoms with Crippen molar-refractivity contribution in [2.75, 3.05) is 0 Å². The lowest BCUT2D eigenvalue weighted by molar-refractivity contribution is 0.322. The lowest BCUT2D eigenvalue weighted by Gasteiger charge is -1.89. The average Bonchev–Trinajstić information content (AvgIpc) is 2.05. The van der Waals surface area contributed by atoms with Crippen LogP contribution in [0.2, 0.25) is 5.02 Å². The molecule has 0 heterocycles. The minimum absolute atomic E-state index is 0.641. The SMILES string of the molecule is ON=CC#Cc1cccc(Cl)c1. The first-order chi connectivity index (χ1) is 5.83. The Labute approximate surface area is 75.5 Å². The van der Waals surface area contributed by atoms with Crippen molar-refractivity contribution in [3.05, 3.63) is 34.9 Å². The highest BCUT2D eigenvalue weighted by atomic mass is 35.5. The molecule has 0 aliphatic rings. The van der Waals surface area contributed by atoms with E-state index in [9.17, 15) is 0 Å². The standard InChI is InChI=1S/C9H6ClNO/c10-9-5-1-3-8(7-9)4-2-6-11-12/h1,3,5-7,12H. The summed E-state index contributed by atoms with van der Waals surface area (Å²) in [5.74, 6) is 5.27. The highest BCUT2D eigenvalue weighted by Gasteiger charge is 1.86. The van der Waals surface area contributed by atoms with E-state index in [1.165, 1.54) is 0 Å². The van der Waals surface area contributed by atoms with Crippen molar-refractivity contribution in [1.82, 2.24) is 0 Å². The van der Waals surface area contributed by atoms with Gasteiger partial charge >= 0.3 is 0 Å². The molecule has 12 heavy (non-hydrogen) atoms. The predicted octanol–water partition coefficient (Wildman–Crippen LogP) is 2.15. The molecular weight excluding hydrogens is 174 g/mol. The molecule has 0 aliphatic heterocycles. The van der Waals surface area contributed by atoms with E-state index in [1.54, 1.807) is 12.1 Å². The van der Waals surface area contributed by atoms with Gasteiger partial charge in [0.05, 0.1) is 0 Å².